The number of carbonyl (C=O) groups is 4. The molecule has 0 aromatic heterocycles. The van der Waals surface area contributed by atoms with E-state index in [1.807, 2.05) is 0 Å². The molecule has 9 nitrogen and oxygen atoms in total. The van der Waals surface area contributed by atoms with Gasteiger partial charge in [0.25, 0.3) is 5.91 Å². The van der Waals surface area contributed by atoms with E-state index >= 15 is 0 Å². The van der Waals surface area contributed by atoms with Gasteiger partial charge < -0.3 is 24.8 Å². The molecule has 0 aliphatic carbocycles. The summed E-state index contributed by atoms with van der Waals surface area (Å²) in [6, 6.07) is 10.7. The highest BCUT2D eigenvalue weighted by Gasteiger charge is 2.20. The molecule has 0 spiro atoms. The standard InChI is InChI=1S/C23H22N2O7/c1-14(24-21(27)10-5-15-3-7-17(30-2)8-4-15)23(29)32-12-19(26)16-6-9-20-18(11-16)25-22(28)13-31-20/h3-11,14H,12-13H2,1-2H3,(H,24,27)(H,25,28)/b10-5+/t14-/m0/s1. The molecule has 1 aliphatic rings. The molecule has 2 aromatic carbocycles. The van der Waals surface area contributed by atoms with Crippen molar-refractivity contribution in [2.75, 3.05) is 25.6 Å². The molecule has 0 unspecified atom stereocenters. The van der Waals surface area contributed by atoms with E-state index < -0.39 is 30.3 Å². The summed E-state index contributed by atoms with van der Waals surface area (Å²) in [7, 11) is 1.56. The van der Waals surface area contributed by atoms with Crippen LogP contribution in [0.3, 0.4) is 0 Å². The average Bonchev–Trinajstić information content (AvgIpc) is 2.80. The van der Waals surface area contributed by atoms with Crippen LogP contribution in [-0.2, 0) is 19.1 Å². The van der Waals surface area contributed by atoms with Crippen LogP contribution in [0.15, 0.2) is 48.5 Å². The summed E-state index contributed by atoms with van der Waals surface area (Å²) >= 11 is 0. The maximum atomic E-state index is 12.3. The van der Waals surface area contributed by atoms with Crippen LogP contribution < -0.4 is 20.1 Å². The van der Waals surface area contributed by atoms with Gasteiger partial charge in [0.2, 0.25) is 5.91 Å². The van der Waals surface area contributed by atoms with E-state index in [2.05, 4.69) is 10.6 Å². The molecule has 1 atom stereocenters. The van der Waals surface area contributed by atoms with Gasteiger partial charge in [-0.3, -0.25) is 14.4 Å². The van der Waals surface area contributed by atoms with Crippen molar-refractivity contribution in [3.05, 3.63) is 59.7 Å². The molecule has 2 aromatic rings. The van der Waals surface area contributed by atoms with Crippen LogP contribution in [0.5, 0.6) is 11.5 Å². The Morgan fingerprint density at radius 3 is 2.66 bits per heavy atom. The smallest absolute Gasteiger partial charge is 0.328 e. The van der Waals surface area contributed by atoms with Gasteiger partial charge in [0.05, 0.1) is 12.8 Å². The van der Waals surface area contributed by atoms with E-state index in [9.17, 15) is 19.2 Å². The Hall–Kier alpha value is -4.14. The second-order valence-electron chi connectivity index (χ2n) is 6.92. The topological polar surface area (TPSA) is 120 Å². The molecule has 2 N–H and O–H groups in total. The molecule has 1 heterocycles. The van der Waals surface area contributed by atoms with Gasteiger partial charge in [0.1, 0.15) is 17.5 Å². The van der Waals surface area contributed by atoms with Gasteiger partial charge in [-0.25, -0.2) is 4.79 Å². The number of amides is 2. The number of rotatable bonds is 8. The first-order chi connectivity index (χ1) is 15.4. The van der Waals surface area contributed by atoms with E-state index in [-0.39, 0.29) is 18.1 Å². The first-order valence-electron chi connectivity index (χ1n) is 9.75. The quantitative estimate of drug-likeness (QED) is 0.367. The fourth-order valence-corrected chi connectivity index (χ4v) is 2.81. The van der Waals surface area contributed by atoms with Crippen LogP contribution in [0.2, 0.25) is 0 Å². The Balaban J connectivity index is 1.48. The average molecular weight is 438 g/mol. The minimum Gasteiger partial charge on any atom is -0.497 e. The van der Waals surface area contributed by atoms with Gasteiger partial charge in [0.15, 0.2) is 19.0 Å². The van der Waals surface area contributed by atoms with Gasteiger partial charge in [-0.1, -0.05) is 12.1 Å². The number of hydrogen-bond donors (Lipinski definition) is 2. The summed E-state index contributed by atoms with van der Waals surface area (Å²) < 4.78 is 15.3. The predicted octanol–water partition coefficient (Wildman–Crippen LogP) is 1.97. The predicted molar refractivity (Wildman–Crippen MR) is 115 cm³/mol. The van der Waals surface area contributed by atoms with Gasteiger partial charge in [0, 0.05) is 11.6 Å². The summed E-state index contributed by atoms with van der Waals surface area (Å²) in [5.41, 5.74) is 1.41. The summed E-state index contributed by atoms with van der Waals surface area (Å²) in [5, 5.41) is 5.09. The van der Waals surface area contributed by atoms with E-state index in [1.54, 1.807) is 43.5 Å². The molecule has 9 heteroatoms. The lowest BCUT2D eigenvalue weighted by Crippen LogP contribution is -2.39. The highest BCUT2D eigenvalue weighted by molar-refractivity contribution is 6.02. The molecule has 3 rings (SSSR count). The summed E-state index contributed by atoms with van der Waals surface area (Å²) in [5.74, 6) is -0.859. The molecule has 0 saturated carbocycles. The number of esters is 1. The minimum absolute atomic E-state index is 0.0865. The number of methoxy groups -OCH3 is 1. The van der Waals surface area contributed by atoms with Crippen LogP contribution in [-0.4, -0.2) is 49.9 Å². The van der Waals surface area contributed by atoms with E-state index in [1.165, 1.54) is 25.1 Å². The Bertz CT molecular complexity index is 1060. The zero-order valence-corrected chi connectivity index (χ0v) is 17.5. The van der Waals surface area contributed by atoms with Crippen molar-refractivity contribution in [1.82, 2.24) is 5.32 Å². The van der Waals surface area contributed by atoms with Gasteiger partial charge in [-0.2, -0.15) is 0 Å². The first-order valence-corrected chi connectivity index (χ1v) is 9.75. The number of fused-ring (bicyclic) bond motifs is 1. The highest BCUT2D eigenvalue weighted by atomic mass is 16.5. The molecule has 0 bridgehead atoms. The van der Waals surface area contributed by atoms with Crippen molar-refractivity contribution in [1.29, 1.82) is 0 Å². The third kappa shape index (κ3) is 5.94. The maximum absolute atomic E-state index is 12.3. The Labute approximate surface area is 184 Å². The SMILES string of the molecule is COc1ccc(/C=C/C(=O)N[C@@H](C)C(=O)OCC(=O)c2ccc3c(c2)NC(=O)CO3)cc1. The fraction of sp³-hybridized carbons (Fsp3) is 0.217. The normalized spacial score (nSPS) is 13.4. The van der Waals surface area contributed by atoms with Crippen molar-refractivity contribution in [3.63, 3.8) is 0 Å². The van der Waals surface area contributed by atoms with E-state index in [0.717, 1.165) is 5.56 Å². The van der Waals surface area contributed by atoms with Crippen molar-refractivity contribution in [3.8, 4) is 11.5 Å². The lowest BCUT2D eigenvalue weighted by Gasteiger charge is -2.18. The third-order valence-electron chi connectivity index (χ3n) is 4.54. The number of benzene rings is 2. The van der Waals surface area contributed by atoms with Crippen molar-refractivity contribution in [2.24, 2.45) is 0 Å². The number of carbonyl (C=O) groups excluding carboxylic acids is 4. The van der Waals surface area contributed by atoms with Crippen LogP contribution in [0.4, 0.5) is 5.69 Å². The van der Waals surface area contributed by atoms with E-state index in [4.69, 9.17) is 14.2 Å². The second kappa shape index (κ2) is 10.3. The van der Waals surface area contributed by atoms with Crippen molar-refractivity contribution < 1.29 is 33.4 Å². The number of Topliss-reactive ketones (excluding diaryl/α,β-unsaturated/α-hetero) is 1. The maximum Gasteiger partial charge on any atom is 0.328 e. The monoisotopic (exact) mass is 438 g/mol. The lowest BCUT2D eigenvalue weighted by atomic mass is 10.1. The minimum atomic E-state index is -0.952. The molecular weight excluding hydrogens is 416 g/mol. The summed E-state index contributed by atoms with van der Waals surface area (Å²) in [6.45, 7) is 0.864. The van der Waals surface area contributed by atoms with Crippen LogP contribution in [0.1, 0.15) is 22.8 Å². The zero-order chi connectivity index (χ0) is 23.1. The summed E-state index contributed by atoms with van der Waals surface area (Å²) in [6.07, 6.45) is 2.88. The van der Waals surface area contributed by atoms with Crippen molar-refractivity contribution >= 4 is 35.3 Å². The molecule has 166 valence electrons. The third-order valence-corrected chi connectivity index (χ3v) is 4.54. The molecule has 2 amide bonds. The molecule has 0 saturated heterocycles. The molecule has 1 aliphatic heterocycles. The van der Waals surface area contributed by atoms with Crippen LogP contribution >= 0.6 is 0 Å². The number of ketones is 1. The fourth-order valence-electron chi connectivity index (χ4n) is 2.81. The van der Waals surface area contributed by atoms with Gasteiger partial charge in [-0.15, -0.1) is 0 Å². The second-order valence-corrected chi connectivity index (χ2v) is 6.92. The van der Waals surface area contributed by atoms with Crippen LogP contribution in [0, 0.1) is 0 Å². The molecule has 0 fully saturated rings. The number of hydrogen-bond acceptors (Lipinski definition) is 7. The molecule has 0 radical (unpaired) electrons. The first kappa shape index (κ1) is 22.5. The van der Waals surface area contributed by atoms with Crippen LogP contribution in [0.25, 0.3) is 6.08 Å². The van der Waals surface area contributed by atoms with Gasteiger partial charge >= 0.3 is 5.97 Å². The van der Waals surface area contributed by atoms with Gasteiger partial charge in [-0.05, 0) is 48.9 Å². The molecule has 32 heavy (non-hydrogen) atoms. The molecular formula is C23H22N2O7. The summed E-state index contributed by atoms with van der Waals surface area (Å²) in [4.78, 5) is 47.9. The Kier molecular flexibility index (Phi) is 7.22. The number of anilines is 1. The Morgan fingerprint density at radius 2 is 1.94 bits per heavy atom. The zero-order valence-electron chi connectivity index (χ0n) is 17.5. The highest BCUT2D eigenvalue weighted by Crippen LogP contribution is 2.28. The number of nitrogens with one attached hydrogen (secondary N) is 2. The van der Waals surface area contributed by atoms with Crippen molar-refractivity contribution in [2.45, 2.75) is 13.0 Å². The largest absolute Gasteiger partial charge is 0.497 e. The lowest BCUT2D eigenvalue weighted by molar-refractivity contribution is -0.145. The number of ether oxygens (including phenoxy) is 3. The van der Waals surface area contributed by atoms with E-state index in [0.29, 0.717) is 17.2 Å². The Morgan fingerprint density at radius 1 is 1.19 bits per heavy atom.